The molecule has 0 radical (unpaired) electrons. The van der Waals surface area contributed by atoms with Gasteiger partial charge in [0.05, 0.1) is 6.42 Å². The van der Waals surface area contributed by atoms with Crippen LogP contribution in [0.2, 0.25) is 0 Å². The van der Waals surface area contributed by atoms with Gasteiger partial charge in [-0.3, -0.25) is 9.59 Å². The summed E-state index contributed by atoms with van der Waals surface area (Å²) in [7, 11) is 0. The molecule has 0 heterocycles. The van der Waals surface area contributed by atoms with Gasteiger partial charge in [0.25, 0.3) is 0 Å². The van der Waals surface area contributed by atoms with Gasteiger partial charge in [0.2, 0.25) is 5.91 Å². The predicted molar refractivity (Wildman–Crippen MR) is 55.9 cm³/mol. The van der Waals surface area contributed by atoms with Crippen molar-refractivity contribution in [1.29, 1.82) is 0 Å². The highest BCUT2D eigenvalue weighted by molar-refractivity contribution is 5.86. The third-order valence-corrected chi connectivity index (χ3v) is 2.24. The minimum atomic E-state index is -1.35. The molecule has 1 amide bonds. The van der Waals surface area contributed by atoms with E-state index in [4.69, 9.17) is 10.2 Å². The van der Waals surface area contributed by atoms with Crippen LogP contribution in [0.4, 0.5) is 0 Å². The molecule has 0 aromatic rings. The summed E-state index contributed by atoms with van der Waals surface area (Å²) >= 11 is 0. The van der Waals surface area contributed by atoms with Crippen LogP contribution in [0.15, 0.2) is 0 Å². The van der Waals surface area contributed by atoms with Crippen molar-refractivity contribution in [3.05, 3.63) is 0 Å². The van der Waals surface area contributed by atoms with Crippen molar-refractivity contribution in [2.75, 3.05) is 0 Å². The van der Waals surface area contributed by atoms with E-state index in [1.807, 2.05) is 13.8 Å². The molecular formula is C10H17NO5. The SMILES string of the molecule is CCC(C)CC(=O)NC(CC(=O)O)C(=O)O. The van der Waals surface area contributed by atoms with Crippen molar-refractivity contribution in [2.24, 2.45) is 5.92 Å². The molecule has 6 nitrogen and oxygen atoms in total. The van der Waals surface area contributed by atoms with Crippen LogP contribution < -0.4 is 5.32 Å². The lowest BCUT2D eigenvalue weighted by atomic mass is 10.0. The fourth-order valence-corrected chi connectivity index (χ4v) is 1.09. The fourth-order valence-electron chi connectivity index (χ4n) is 1.09. The van der Waals surface area contributed by atoms with Crippen LogP contribution in [0.1, 0.15) is 33.1 Å². The molecule has 0 aliphatic heterocycles. The van der Waals surface area contributed by atoms with E-state index >= 15 is 0 Å². The van der Waals surface area contributed by atoms with Gasteiger partial charge in [0, 0.05) is 6.42 Å². The van der Waals surface area contributed by atoms with Gasteiger partial charge >= 0.3 is 11.9 Å². The average Bonchev–Trinajstić information content (AvgIpc) is 2.15. The first-order valence-corrected chi connectivity index (χ1v) is 5.10. The smallest absolute Gasteiger partial charge is 0.326 e. The standard InChI is InChI=1S/C10H17NO5/c1-3-6(2)4-8(12)11-7(10(15)16)5-9(13)14/h6-7H,3-5H2,1-2H3,(H,11,12)(H,13,14)(H,15,16). The molecule has 0 bridgehead atoms. The van der Waals surface area contributed by atoms with Gasteiger partial charge in [-0.05, 0) is 5.92 Å². The van der Waals surface area contributed by atoms with Crippen LogP contribution in [0.3, 0.4) is 0 Å². The number of carboxylic acid groups (broad SMARTS) is 2. The van der Waals surface area contributed by atoms with Gasteiger partial charge in [0.15, 0.2) is 0 Å². The lowest BCUT2D eigenvalue weighted by Gasteiger charge is -2.14. The first-order valence-electron chi connectivity index (χ1n) is 5.10. The van der Waals surface area contributed by atoms with Crippen molar-refractivity contribution in [2.45, 2.75) is 39.2 Å². The monoisotopic (exact) mass is 231 g/mol. The van der Waals surface area contributed by atoms with Crippen LogP contribution in [-0.4, -0.2) is 34.1 Å². The Labute approximate surface area is 93.6 Å². The van der Waals surface area contributed by atoms with E-state index in [1.165, 1.54) is 0 Å². The summed E-state index contributed by atoms with van der Waals surface area (Å²) in [6, 6.07) is -1.35. The van der Waals surface area contributed by atoms with E-state index < -0.39 is 30.3 Å². The number of rotatable bonds is 7. The molecule has 16 heavy (non-hydrogen) atoms. The van der Waals surface area contributed by atoms with E-state index in [0.717, 1.165) is 6.42 Å². The Morgan fingerprint density at radius 3 is 2.12 bits per heavy atom. The number of carbonyl (C=O) groups excluding carboxylic acids is 1. The number of carbonyl (C=O) groups is 3. The summed E-state index contributed by atoms with van der Waals surface area (Å²) in [5.74, 6) is -2.86. The lowest BCUT2D eigenvalue weighted by molar-refractivity contribution is -0.147. The maximum atomic E-state index is 11.3. The Morgan fingerprint density at radius 1 is 1.19 bits per heavy atom. The van der Waals surface area contributed by atoms with Crippen LogP contribution in [0.5, 0.6) is 0 Å². The fraction of sp³-hybridized carbons (Fsp3) is 0.700. The Bertz CT molecular complexity index is 276. The molecule has 0 saturated carbocycles. The molecule has 92 valence electrons. The number of hydrogen-bond acceptors (Lipinski definition) is 3. The van der Waals surface area contributed by atoms with Crippen molar-refractivity contribution in [1.82, 2.24) is 5.32 Å². The molecule has 0 rings (SSSR count). The third-order valence-electron chi connectivity index (χ3n) is 2.24. The van der Waals surface area contributed by atoms with E-state index in [0.29, 0.717) is 0 Å². The summed E-state index contributed by atoms with van der Waals surface area (Å²) < 4.78 is 0. The van der Waals surface area contributed by atoms with E-state index in [1.54, 1.807) is 0 Å². The third kappa shape index (κ3) is 6.00. The lowest BCUT2D eigenvalue weighted by Crippen LogP contribution is -2.42. The van der Waals surface area contributed by atoms with E-state index in [-0.39, 0.29) is 12.3 Å². The molecule has 0 aliphatic rings. The summed E-state index contributed by atoms with van der Waals surface area (Å²) in [5, 5.41) is 19.3. The van der Waals surface area contributed by atoms with Gasteiger partial charge in [-0.25, -0.2) is 4.79 Å². The number of aliphatic carboxylic acids is 2. The number of amides is 1. The van der Waals surface area contributed by atoms with Gasteiger partial charge in [-0.2, -0.15) is 0 Å². The van der Waals surface area contributed by atoms with E-state index in [2.05, 4.69) is 5.32 Å². The summed E-state index contributed by atoms with van der Waals surface area (Å²) in [5.41, 5.74) is 0. The molecule has 0 fully saturated rings. The topological polar surface area (TPSA) is 104 Å². The Kier molecular flexibility index (Phi) is 6.14. The molecule has 6 heteroatoms. The highest BCUT2D eigenvalue weighted by atomic mass is 16.4. The Hall–Kier alpha value is -1.59. The Morgan fingerprint density at radius 2 is 1.75 bits per heavy atom. The van der Waals surface area contributed by atoms with Gasteiger partial charge in [-0.15, -0.1) is 0 Å². The number of nitrogens with one attached hydrogen (secondary N) is 1. The highest BCUT2D eigenvalue weighted by Crippen LogP contribution is 2.06. The predicted octanol–water partition coefficient (Wildman–Crippen LogP) is 0.467. The van der Waals surface area contributed by atoms with Gasteiger partial charge < -0.3 is 15.5 Å². The quantitative estimate of drug-likeness (QED) is 0.590. The van der Waals surface area contributed by atoms with Crippen molar-refractivity contribution < 1.29 is 24.6 Å². The second-order valence-electron chi connectivity index (χ2n) is 3.77. The zero-order chi connectivity index (χ0) is 12.7. The highest BCUT2D eigenvalue weighted by Gasteiger charge is 2.23. The summed E-state index contributed by atoms with van der Waals surface area (Å²) in [6.45, 7) is 3.79. The molecular weight excluding hydrogens is 214 g/mol. The van der Waals surface area contributed by atoms with Crippen molar-refractivity contribution in [3.63, 3.8) is 0 Å². The van der Waals surface area contributed by atoms with Crippen molar-refractivity contribution >= 4 is 17.8 Å². The molecule has 2 atom stereocenters. The van der Waals surface area contributed by atoms with Crippen LogP contribution in [-0.2, 0) is 14.4 Å². The minimum Gasteiger partial charge on any atom is -0.481 e. The van der Waals surface area contributed by atoms with Crippen LogP contribution in [0, 0.1) is 5.92 Å². The second-order valence-corrected chi connectivity index (χ2v) is 3.77. The number of hydrogen-bond donors (Lipinski definition) is 3. The first-order chi connectivity index (χ1) is 7.36. The van der Waals surface area contributed by atoms with Crippen molar-refractivity contribution in [3.8, 4) is 0 Å². The minimum absolute atomic E-state index is 0.152. The second kappa shape index (κ2) is 6.81. The first kappa shape index (κ1) is 14.4. The zero-order valence-electron chi connectivity index (χ0n) is 9.40. The van der Waals surface area contributed by atoms with Crippen LogP contribution >= 0.6 is 0 Å². The molecule has 0 aliphatic carbocycles. The van der Waals surface area contributed by atoms with E-state index in [9.17, 15) is 14.4 Å². The average molecular weight is 231 g/mol. The van der Waals surface area contributed by atoms with Gasteiger partial charge in [0.1, 0.15) is 6.04 Å². The molecule has 0 saturated heterocycles. The normalized spacial score (nSPS) is 13.9. The zero-order valence-corrected chi connectivity index (χ0v) is 9.40. The molecule has 0 aromatic carbocycles. The van der Waals surface area contributed by atoms with Gasteiger partial charge in [-0.1, -0.05) is 20.3 Å². The largest absolute Gasteiger partial charge is 0.481 e. The molecule has 0 aromatic heterocycles. The summed E-state index contributed by atoms with van der Waals surface area (Å²) in [6.07, 6.45) is 0.408. The summed E-state index contributed by atoms with van der Waals surface area (Å²) in [4.78, 5) is 32.3. The Balaban J connectivity index is 4.24. The number of carboxylic acids is 2. The molecule has 0 spiro atoms. The maximum absolute atomic E-state index is 11.3. The van der Waals surface area contributed by atoms with Crippen LogP contribution in [0.25, 0.3) is 0 Å². The molecule has 2 unspecified atom stereocenters. The molecule has 3 N–H and O–H groups in total. The maximum Gasteiger partial charge on any atom is 0.326 e.